The van der Waals surface area contributed by atoms with Gasteiger partial charge in [-0.1, -0.05) is 13.8 Å². The van der Waals surface area contributed by atoms with Crippen molar-refractivity contribution >= 4 is 17.0 Å². The van der Waals surface area contributed by atoms with E-state index in [2.05, 4.69) is 29.3 Å². The lowest BCUT2D eigenvalue weighted by Crippen LogP contribution is -2.07. The second kappa shape index (κ2) is 4.87. The molecule has 2 aromatic rings. The molecule has 0 saturated carbocycles. The van der Waals surface area contributed by atoms with E-state index in [-0.39, 0.29) is 0 Å². The highest BCUT2D eigenvalue weighted by Gasteiger charge is 2.13. The predicted molar refractivity (Wildman–Crippen MR) is 71.3 cm³/mol. The number of aryl methyl sites for hydroxylation is 2. The Balaban J connectivity index is 2.32. The third-order valence-electron chi connectivity index (χ3n) is 2.82. The number of hydrogen-bond donors (Lipinski definition) is 1. The van der Waals surface area contributed by atoms with Crippen LogP contribution in [0.2, 0.25) is 0 Å². The quantitative estimate of drug-likeness (QED) is 0.906. The van der Waals surface area contributed by atoms with Crippen LogP contribution >= 0.6 is 11.3 Å². The summed E-state index contributed by atoms with van der Waals surface area (Å²) in [7, 11) is 0. The zero-order chi connectivity index (χ0) is 12.4. The number of nitrogen functional groups attached to an aromatic ring is 1. The van der Waals surface area contributed by atoms with Crippen molar-refractivity contribution in [2.45, 2.75) is 40.2 Å². The molecule has 0 saturated heterocycles. The van der Waals surface area contributed by atoms with E-state index < -0.39 is 0 Å². The van der Waals surface area contributed by atoms with Gasteiger partial charge in [0.2, 0.25) is 0 Å². The summed E-state index contributed by atoms with van der Waals surface area (Å²) < 4.78 is 1.99. The number of nitrogens with zero attached hydrogens (tertiary/aromatic N) is 3. The zero-order valence-corrected chi connectivity index (χ0v) is 11.3. The highest BCUT2D eigenvalue weighted by atomic mass is 32.1. The summed E-state index contributed by atoms with van der Waals surface area (Å²) in [6.07, 6.45) is 1.78. The van der Waals surface area contributed by atoms with Gasteiger partial charge in [0.15, 0.2) is 0 Å². The van der Waals surface area contributed by atoms with Crippen molar-refractivity contribution in [2.24, 2.45) is 0 Å². The van der Waals surface area contributed by atoms with Gasteiger partial charge in [-0.2, -0.15) is 5.10 Å². The second-order valence-electron chi connectivity index (χ2n) is 4.03. The molecule has 0 spiro atoms. The summed E-state index contributed by atoms with van der Waals surface area (Å²) in [6.45, 7) is 6.92. The van der Waals surface area contributed by atoms with Crippen LogP contribution in [0.3, 0.4) is 0 Å². The van der Waals surface area contributed by atoms with Crippen LogP contribution in [-0.2, 0) is 19.4 Å². The number of aromatic nitrogens is 3. The summed E-state index contributed by atoms with van der Waals surface area (Å²) in [5.41, 5.74) is 10.1. The molecule has 4 nitrogen and oxygen atoms in total. The van der Waals surface area contributed by atoms with Gasteiger partial charge >= 0.3 is 0 Å². The predicted octanol–water partition coefficient (Wildman–Crippen LogP) is 2.40. The van der Waals surface area contributed by atoms with Gasteiger partial charge in [-0.3, -0.25) is 4.68 Å². The van der Waals surface area contributed by atoms with E-state index in [1.165, 1.54) is 0 Å². The lowest BCUT2D eigenvalue weighted by Gasteiger charge is -2.03. The van der Waals surface area contributed by atoms with Crippen molar-refractivity contribution in [1.82, 2.24) is 14.8 Å². The molecule has 0 bridgehead atoms. The number of anilines is 1. The van der Waals surface area contributed by atoms with Gasteiger partial charge in [-0.15, -0.1) is 11.3 Å². The standard InChI is InChI=1S/C12H18N4S/c1-4-10-12(13)11(5-2)16(15-10)6-9-7-17-8(3)14-9/h7H,4-6,13H2,1-3H3. The van der Waals surface area contributed by atoms with Gasteiger partial charge in [0.05, 0.1) is 34.3 Å². The fourth-order valence-electron chi connectivity index (χ4n) is 1.96. The molecule has 17 heavy (non-hydrogen) atoms. The summed E-state index contributed by atoms with van der Waals surface area (Å²) in [6, 6.07) is 0. The Hall–Kier alpha value is -1.36. The van der Waals surface area contributed by atoms with Gasteiger partial charge in [-0.25, -0.2) is 4.98 Å². The van der Waals surface area contributed by atoms with E-state index in [4.69, 9.17) is 5.73 Å². The molecule has 0 aromatic carbocycles. The highest BCUT2D eigenvalue weighted by molar-refractivity contribution is 7.09. The van der Waals surface area contributed by atoms with Crippen LogP contribution in [0.4, 0.5) is 5.69 Å². The summed E-state index contributed by atoms with van der Waals surface area (Å²) in [5.74, 6) is 0. The third-order valence-corrected chi connectivity index (χ3v) is 3.65. The fourth-order valence-corrected chi connectivity index (χ4v) is 2.57. The maximum atomic E-state index is 6.08. The van der Waals surface area contributed by atoms with Crippen molar-refractivity contribution in [3.8, 4) is 0 Å². The minimum Gasteiger partial charge on any atom is -0.396 e. The van der Waals surface area contributed by atoms with E-state index in [0.717, 1.165) is 47.2 Å². The molecule has 0 atom stereocenters. The molecule has 2 aromatic heterocycles. The Bertz CT molecular complexity index is 513. The van der Waals surface area contributed by atoms with Gasteiger partial charge in [0, 0.05) is 5.38 Å². The van der Waals surface area contributed by atoms with Crippen molar-refractivity contribution in [3.63, 3.8) is 0 Å². The maximum Gasteiger partial charge on any atom is 0.0898 e. The van der Waals surface area contributed by atoms with E-state index in [1.54, 1.807) is 11.3 Å². The average molecular weight is 250 g/mol. The lowest BCUT2D eigenvalue weighted by atomic mass is 10.2. The summed E-state index contributed by atoms with van der Waals surface area (Å²) in [4.78, 5) is 4.46. The normalized spacial score (nSPS) is 11.0. The first-order valence-electron chi connectivity index (χ1n) is 5.90. The molecule has 0 amide bonds. The molecule has 0 fully saturated rings. The molecule has 5 heteroatoms. The lowest BCUT2D eigenvalue weighted by molar-refractivity contribution is 0.631. The number of rotatable bonds is 4. The van der Waals surface area contributed by atoms with E-state index in [9.17, 15) is 0 Å². The zero-order valence-electron chi connectivity index (χ0n) is 10.5. The Morgan fingerprint density at radius 3 is 2.65 bits per heavy atom. The van der Waals surface area contributed by atoms with Crippen LogP contribution in [-0.4, -0.2) is 14.8 Å². The smallest absolute Gasteiger partial charge is 0.0898 e. The third kappa shape index (κ3) is 2.34. The van der Waals surface area contributed by atoms with Crippen molar-refractivity contribution < 1.29 is 0 Å². The average Bonchev–Trinajstić information content (AvgIpc) is 2.83. The first kappa shape index (κ1) is 12.1. The maximum absolute atomic E-state index is 6.08. The minimum atomic E-state index is 0.720. The van der Waals surface area contributed by atoms with Gasteiger partial charge in [0.1, 0.15) is 0 Å². The summed E-state index contributed by atoms with van der Waals surface area (Å²) >= 11 is 1.67. The molecule has 0 unspecified atom stereocenters. The van der Waals surface area contributed by atoms with Gasteiger partial charge in [0.25, 0.3) is 0 Å². The monoisotopic (exact) mass is 250 g/mol. The summed E-state index contributed by atoms with van der Waals surface area (Å²) in [5, 5.41) is 7.73. The van der Waals surface area contributed by atoms with Crippen LogP contribution in [0.5, 0.6) is 0 Å². The van der Waals surface area contributed by atoms with Crippen LogP contribution in [0, 0.1) is 6.92 Å². The van der Waals surface area contributed by atoms with Gasteiger partial charge < -0.3 is 5.73 Å². The van der Waals surface area contributed by atoms with Crippen LogP contribution in [0.1, 0.15) is 35.9 Å². The Labute approximate surface area is 105 Å². The highest BCUT2D eigenvalue weighted by Crippen LogP contribution is 2.20. The number of hydrogen-bond acceptors (Lipinski definition) is 4. The Morgan fingerprint density at radius 2 is 2.12 bits per heavy atom. The Kier molecular flexibility index (Phi) is 3.47. The number of nitrogens with two attached hydrogens (primary N) is 1. The molecule has 0 radical (unpaired) electrons. The molecule has 2 N–H and O–H groups in total. The van der Waals surface area contributed by atoms with E-state index >= 15 is 0 Å². The van der Waals surface area contributed by atoms with Gasteiger partial charge in [-0.05, 0) is 19.8 Å². The molecule has 92 valence electrons. The van der Waals surface area contributed by atoms with Crippen molar-refractivity contribution in [3.05, 3.63) is 27.5 Å². The second-order valence-corrected chi connectivity index (χ2v) is 5.09. The van der Waals surface area contributed by atoms with E-state index in [0.29, 0.717) is 0 Å². The Morgan fingerprint density at radius 1 is 1.35 bits per heavy atom. The first-order valence-corrected chi connectivity index (χ1v) is 6.78. The molecule has 0 aliphatic rings. The van der Waals surface area contributed by atoms with Crippen LogP contribution < -0.4 is 5.73 Å². The molecular formula is C12H18N4S. The largest absolute Gasteiger partial charge is 0.396 e. The molecule has 2 rings (SSSR count). The topological polar surface area (TPSA) is 56.7 Å². The molecule has 0 aliphatic carbocycles. The molecular weight excluding hydrogens is 232 g/mol. The SMILES string of the molecule is CCc1nn(Cc2csc(C)n2)c(CC)c1N. The van der Waals surface area contributed by atoms with Crippen molar-refractivity contribution in [1.29, 1.82) is 0 Å². The fraction of sp³-hybridized carbons (Fsp3) is 0.500. The molecule has 0 aliphatic heterocycles. The van der Waals surface area contributed by atoms with Crippen molar-refractivity contribution in [2.75, 3.05) is 5.73 Å². The van der Waals surface area contributed by atoms with E-state index in [1.807, 2.05) is 11.6 Å². The number of thiazole rings is 1. The van der Waals surface area contributed by atoms with Crippen LogP contribution in [0.25, 0.3) is 0 Å². The first-order chi connectivity index (χ1) is 8.15. The molecule has 2 heterocycles. The minimum absolute atomic E-state index is 0.720. The van der Waals surface area contributed by atoms with Crippen LogP contribution in [0.15, 0.2) is 5.38 Å².